The fourth-order valence-corrected chi connectivity index (χ4v) is 5.07. The Balaban J connectivity index is 3.98. The first-order valence-electron chi connectivity index (χ1n) is 6.42. The molecule has 2 nitrogen and oxygen atoms in total. The van der Waals surface area contributed by atoms with Gasteiger partial charge in [0.15, 0.2) is 19.5 Å². The fourth-order valence-electron chi connectivity index (χ4n) is 1.36. The van der Waals surface area contributed by atoms with E-state index >= 15 is 0 Å². The summed E-state index contributed by atoms with van der Waals surface area (Å²) in [6.45, 7) is 15.1. The summed E-state index contributed by atoms with van der Waals surface area (Å²) in [6, 6.07) is 0. The standard InChI is InChI=1S/C12H30O2Si2/c1-8-9-10(15-13-11(2,3)4)16-14-12(5,6)7/h10H,8-9,15-16H2,1-7H3. The Kier molecular flexibility index (Phi) is 7.09. The summed E-state index contributed by atoms with van der Waals surface area (Å²) in [5.41, 5.74) is 0.0721. The maximum Gasteiger partial charge on any atom is 0.164 e. The largest absolute Gasteiger partial charge is 0.419 e. The smallest absolute Gasteiger partial charge is 0.164 e. The van der Waals surface area contributed by atoms with E-state index < -0.39 is 19.5 Å². The summed E-state index contributed by atoms with van der Waals surface area (Å²) in [5.74, 6) is 0. The first kappa shape index (κ1) is 16.4. The Hall–Kier alpha value is 0.354. The van der Waals surface area contributed by atoms with Gasteiger partial charge in [-0.25, -0.2) is 0 Å². The van der Waals surface area contributed by atoms with E-state index in [9.17, 15) is 0 Å². The molecule has 0 unspecified atom stereocenters. The van der Waals surface area contributed by atoms with Crippen molar-refractivity contribution in [3.8, 4) is 0 Å². The Labute approximate surface area is 106 Å². The van der Waals surface area contributed by atoms with Crippen molar-refractivity contribution in [3.63, 3.8) is 0 Å². The van der Waals surface area contributed by atoms with Gasteiger partial charge in [-0.15, -0.1) is 0 Å². The second-order valence-electron chi connectivity index (χ2n) is 6.50. The quantitative estimate of drug-likeness (QED) is 0.684. The average Bonchev–Trinajstić information content (AvgIpc) is 2.07. The zero-order valence-electron chi connectivity index (χ0n) is 12.2. The highest BCUT2D eigenvalue weighted by Crippen LogP contribution is 2.18. The zero-order valence-corrected chi connectivity index (χ0v) is 15.1. The van der Waals surface area contributed by atoms with Crippen LogP contribution in [0.5, 0.6) is 0 Å². The van der Waals surface area contributed by atoms with Gasteiger partial charge in [-0.05, 0) is 46.7 Å². The molecular formula is C12H30O2Si2. The molecule has 0 rings (SSSR count). The van der Waals surface area contributed by atoms with Gasteiger partial charge in [0.2, 0.25) is 0 Å². The third-order valence-electron chi connectivity index (χ3n) is 2.20. The molecule has 0 aliphatic rings. The van der Waals surface area contributed by atoms with Gasteiger partial charge in [0, 0.05) is 11.2 Å². The molecule has 0 aliphatic carbocycles. The first-order valence-corrected chi connectivity index (χ1v) is 9.21. The Bertz CT molecular complexity index is 164. The lowest BCUT2D eigenvalue weighted by molar-refractivity contribution is 0.127. The van der Waals surface area contributed by atoms with Crippen molar-refractivity contribution >= 4 is 19.5 Å². The highest BCUT2D eigenvalue weighted by atomic mass is 28.3. The van der Waals surface area contributed by atoms with Crippen LogP contribution < -0.4 is 0 Å². The molecular weight excluding hydrogens is 232 g/mol. The van der Waals surface area contributed by atoms with Gasteiger partial charge in [0.25, 0.3) is 0 Å². The van der Waals surface area contributed by atoms with Gasteiger partial charge in [0.05, 0.1) is 0 Å². The van der Waals surface area contributed by atoms with Crippen molar-refractivity contribution in [1.29, 1.82) is 0 Å². The zero-order chi connectivity index (χ0) is 12.8. The number of rotatable bonds is 6. The van der Waals surface area contributed by atoms with Crippen molar-refractivity contribution in [3.05, 3.63) is 0 Å². The van der Waals surface area contributed by atoms with E-state index in [1.165, 1.54) is 12.8 Å². The molecule has 0 amide bonds. The number of hydrogen-bond donors (Lipinski definition) is 0. The topological polar surface area (TPSA) is 18.5 Å². The van der Waals surface area contributed by atoms with E-state index in [0.29, 0.717) is 0 Å². The minimum Gasteiger partial charge on any atom is -0.419 e. The van der Waals surface area contributed by atoms with E-state index in [0.717, 1.165) is 5.16 Å². The lowest BCUT2D eigenvalue weighted by Crippen LogP contribution is -2.30. The molecule has 0 fully saturated rings. The Morgan fingerprint density at radius 1 is 0.875 bits per heavy atom. The first-order chi connectivity index (χ1) is 7.14. The molecule has 4 heteroatoms. The molecule has 0 aliphatic heterocycles. The van der Waals surface area contributed by atoms with Gasteiger partial charge in [-0.1, -0.05) is 19.8 Å². The van der Waals surface area contributed by atoms with E-state index in [-0.39, 0.29) is 11.2 Å². The summed E-state index contributed by atoms with van der Waals surface area (Å²) < 4.78 is 12.0. The summed E-state index contributed by atoms with van der Waals surface area (Å²) >= 11 is 0. The van der Waals surface area contributed by atoms with Gasteiger partial charge in [0.1, 0.15) is 0 Å². The van der Waals surface area contributed by atoms with Crippen LogP contribution in [0.4, 0.5) is 0 Å². The van der Waals surface area contributed by atoms with Gasteiger partial charge in [-0.3, -0.25) is 0 Å². The Morgan fingerprint density at radius 2 is 1.25 bits per heavy atom. The fraction of sp³-hybridized carbons (Fsp3) is 1.00. The second kappa shape index (κ2) is 6.94. The van der Waals surface area contributed by atoms with Crippen molar-refractivity contribution in [1.82, 2.24) is 0 Å². The van der Waals surface area contributed by atoms with Crippen LogP contribution in [0.2, 0.25) is 5.16 Å². The van der Waals surface area contributed by atoms with Crippen LogP contribution in [0.15, 0.2) is 0 Å². The molecule has 0 spiro atoms. The highest BCUT2D eigenvalue weighted by Gasteiger charge is 2.19. The third kappa shape index (κ3) is 10.9. The lowest BCUT2D eigenvalue weighted by atomic mass is 10.2. The molecule has 0 saturated carbocycles. The van der Waals surface area contributed by atoms with Crippen LogP contribution in [0.3, 0.4) is 0 Å². The molecule has 0 aromatic carbocycles. The molecule has 0 saturated heterocycles. The molecule has 98 valence electrons. The maximum atomic E-state index is 6.00. The van der Waals surface area contributed by atoms with Crippen LogP contribution >= 0.6 is 0 Å². The van der Waals surface area contributed by atoms with Crippen molar-refractivity contribution in [2.45, 2.75) is 77.7 Å². The van der Waals surface area contributed by atoms with E-state index in [4.69, 9.17) is 8.85 Å². The Morgan fingerprint density at radius 3 is 1.50 bits per heavy atom. The molecule has 0 atom stereocenters. The molecule has 0 heterocycles. The summed E-state index contributed by atoms with van der Waals surface area (Å²) in [4.78, 5) is 0. The molecule has 0 aromatic heterocycles. The number of hydrogen-bond acceptors (Lipinski definition) is 2. The van der Waals surface area contributed by atoms with Gasteiger partial charge < -0.3 is 8.85 Å². The second-order valence-corrected chi connectivity index (χ2v) is 11.2. The maximum absolute atomic E-state index is 6.00. The van der Waals surface area contributed by atoms with E-state index in [2.05, 4.69) is 48.5 Å². The van der Waals surface area contributed by atoms with Crippen LogP contribution in [-0.4, -0.2) is 30.7 Å². The minimum absolute atomic E-state index is 0.0361. The molecule has 0 bridgehead atoms. The predicted molar refractivity (Wildman–Crippen MR) is 77.4 cm³/mol. The molecule has 0 aromatic rings. The molecule has 16 heavy (non-hydrogen) atoms. The minimum atomic E-state index is -0.422. The highest BCUT2D eigenvalue weighted by molar-refractivity contribution is 6.52. The van der Waals surface area contributed by atoms with Crippen molar-refractivity contribution < 1.29 is 8.85 Å². The van der Waals surface area contributed by atoms with Crippen LogP contribution in [0, 0.1) is 0 Å². The van der Waals surface area contributed by atoms with E-state index in [1.54, 1.807) is 0 Å². The monoisotopic (exact) mass is 262 g/mol. The van der Waals surface area contributed by atoms with Gasteiger partial charge in [-0.2, -0.15) is 0 Å². The summed E-state index contributed by atoms with van der Waals surface area (Å²) in [6.07, 6.45) is 2.55. The molecule has 0 N–H and O–H groups in total. The molecule has 0 radical (unpaired) electrons. The SMILES string of the molecule is CCCC([SiH2]OC(C)(C)C)[SiH2]OC(C)(C)C. The predicted octanol–water partition coefficient (Wildman–Crippen LogP) is 2.33. The van der Waals surface area contributed by atoms with Crippen molar-refractivity contribution in [2.24, 2.45) is 0 Å². The summed E-state index contributed by atoms with van der Waals surface area (Å²) in [5, 5.41) is 0.795. The van der Waals surface area contributed by atoms with Crippen molar-refractivity contribution in [2.75, 3.05) is 0 Å². The normalized spacial score (nSPS) is 16.7. The van der Waals surface area contributed by atoms with Gasteiger partial charge >= 0.3 is 0 Å². The third-order valence-corrected chi connectivity index (χ3v) is 7.44. The van der Waals surface area contributed by atoms with Crippen LogP contribution in [0.1, 0.15) is 61.3 Å². The lowest BCUT2D eigenvalue weighted by Gasteiger charge is -2.27. The van der Waals surface area contributed by atoms with Crippen LogP contribution in [0.25, 0.3) is 0 Å². The van der Waals surface area contributed by atoms with Crippen LogP contribution in [-0.2, 0) is 8.85 Å². The average molecular weight is 263 g/mol. The van der Waals surface area contributed by atoms with E-state index in [1.807, 2.05) is 0 Å². The summed E-state index contributed by atoms with van der Waals surface area (Å²) in [7, 11) is -0.844.